The third-order valence-corrected chi connectivity index (χ3v) is 9.09. The van der Waals surface area contributed by atoms with Crippen LogP contribution < -0.4 is 5.32 Å². The van der Waals surface area contributed by atoms with Gasteiger partial charge in [-0.1, -0.05) is 73.3 Å². The molecule has 10 heteroatoms. The molecule has 0 aliphatic carbocycles. The second-order valence-electron chi connectivity index (χ2n) is 10.9. The first-order chi connectivity index (χ1) is 22.0. The van der Waals surface area contributed by atoms with Crippen LogP contribution in [0.2, 0.25) is 0 Å². The summed E-state index contributed by atoms with van der Waals surface area (Å²) >= 11 is 1.40. The number of aliphatic imine (C=N–C) groups is 1. The summed E-state index contributed by atoms with van der Waals surface area (Å²) in [7, 11) is 0. The Labute approximate surface area is 266 Å². The van der Waals surface area contributed by atoms with Gasteiger partial charge >= 0.3 is 6.09 Å². The molecule has 45 heavy (non-hydrogen) atoms. The summed E-state index contributed by atoms with van der Waals surface area (Å²) in [6.45, 7) is 2.99. The van der Waals surface area contributed by atoms with E-state index in [1.807, 2.05) is 66.7 Å². The smallest absolute Gasteiger partial charge is 0.410 e. The molecule has 1 N–H and O–H groups in total. The van der Waals surface area contributed by atoms with Crippen molar-refractivity contribution in [3.63, 3.8) is 0 Å². The molecule has 2 aliphatic heterocycles. The molecule has 2 aliphatic rings. The van der Waals surface area contributed by atoms with Crippen LogP contribution in [0, 0.1) is 0 Å². The number of nitrogens with one attached hydrogen (secondary N) is 1. The summed E-state index contributed by atoms with van der Waals surface area (Å²) in [6.07, 6.45) is 3.27. The first-order valence-electron chi connectivity index (χ1n) is 15.0. The Bertz CT molecular complexity index is 1670. The second-order valence-corrected chi connectivity index (χ2v) is 12.0. The van der Waals surface area contributed by atoms with Gasteiger partial charge in [-0.2, -0.15) is 0 Å². The summed E-state index contributed by atoms with van der Waals surface area (Å²) in [4.78, 5) is 47.7. The fraction of sp³-hybridized carbons (Fsp3) is 0.257. The van der Waals surface area contributed by atoms with Crippen molar-refractivity contribution in [1.29, 1.82) is 0 Å². The van der Waals surface area contributed by atoms with Gasteiger partial charge in [0.05, 0.1) is 18.5 Å². The number of aryl methyl sites for hydroxylation is 1. The zero-order chi connectivity index (χ0) is 31.2. The highest BCUT2D eigenvalue weighted by molar-refractivity contribution is 8.15. The predicted molar refractivity (Wildman–Crippen MR) is 174 cm³/mol. The van der Waals surface area contributed by atoms with Crippen molar-refractivity contribution in [2.45, 2.75) is 50.6 Å². The molecule has 3 aromatic carbocycles. The Balaban J connectivity index is 1.13. The lowest BCUT2D eigenvalue weighted by Gasteiger charge is -2.23. The standard InChI is InChI=1S/C35H34N4O5S/c1-2-24-11-6-12-28(21-24)37-34-39(22-29-13-8-20-43-29)33(41)31(45-34)26-15-17-27(18-16-26)36-32(40)30-14-7-19-38(30)35(42)44-23-25-9-4-3-5-10-25/h3-6,8-13,15-18,20-21,30-31H,2,7,14,19,22-23H2,1H3,(H,36,40)/b37-34-/t30-,31?/m0/s1. The van der Waals surface area contributed by atoms with Crippen molar-refractivity contribution in [3.05, 3.63) is 120 Å². The van der Waals surface area contributed by atoms with Crippen LogP contribution in [0.15, 0.2) is 107 Å². The molecule has 4 aromatic rings. The average Bonchev–Trinajstić information content (AvgIpc) is 3.83. The molecule has 0 saturated carbocycles. The van der Waals surface area contributed by atoms with E-state index in [1.165, 1.54) is 22.2 Å². The fourth-order valence-electron chi connectivity index (χ4n) is 5.44. The molecular weight excluding hydrogens is 588 g/mol. The van der Waals surface area contributed by atoms with E-state index < -0.39 is 17.4 Å². The normalized spacial score (nSPS) is 18.9. The largest absolute Gasteiger partial charge is 0.467 e. The van der Waals surface area contributed by atoms with E-state index in [9.17, 15) is 14.4 Å². The molecule has 1 aromatic heterocycles. The summed E-state index contributed by atoms with van der Waals surface area (Å²) in [5.41, 5.74) is 4.23. The summed E-state index contributed by atoms with van der Waals surface area (Å²) in [5.74, 6) is 0.313. The first kappa shape index (κ1) is 30.2. The number of carbonyl (C=O) groups excluding carboxylic acids is 3. The number of carbonyl (C=O) groups is 3. The average molecular weight is 623 g/mol. The van der Waals surface area contributed by atoms with E-state index in [4.69, 9.17) is 14.1 Å². The Morgan fingerprint density at radius 1 is 1.00 bits per heavy atom. The van der Waals surface area contributed by atoms with E-state index in [2.05, 4.69) is 18.3 Å². The van der Waals surface area contributed by atoms with Gasteiger partial charge in [-0.05, 0) is 72.4 Å². The lowest BCUT2D eigenvalue weighted by atomic mass is 10.1. The minimum atomic E-state index is -0.611. The molecule has 0 spiro atoms. The van der Waals surface area contributed by atoms with Crippen molar-refractivity contribution in [2.75, 3.05) is 11.9 Å². The van der Waals surface area contributed by atoms with E-state index in [1.54, 1.807) is 29.4 Å². The maximum Gasteiger partial charge on any atom is 0.410 e. The molecule has 6 rings (SSSR count). The molecule has 2 saturated heterocycles. The number of rotatable bonds is 9. The molecule has 0 radical (unpaired) electrons. The van der Waals surface area contributed by atoms with Crippen LogP contribution in [-0.2, 0) is 33.9 Å². The number of amides is 3. The van der Waals surface area contributed by atoms with Crippen LogP contribution >= 0.6 is 11.8 Å². The van der Waals surface area contributed by atoms with Gasteiger partial charge in [0.2, 0.25) is 11.8 Å². The quantitative estimate of drug-likeness (QED) is 0.214. The van der Waals surface area contributed by atoms with E-state index in [-0.39, 0.29) is 25.0 Å². The molecule has 2 atom stereocenters. The molecular formula is C35H34N4O5S. The number of nitrogens with zero attached hydrogens (tertiary/aromatic N) is 3. The summed E-state index contributed by atoms with van der Waals surface area (Å²) in [5, 5.41) is 3.04. The number of hydrogen-bond donors (Lipinski definition) is 1. The van der Waals surface area contributed by atoms with Gasteiger partial charge in [0.1, 0.15) is 23.7 Å². The van der Waals surface area contributed by atoms with Gasteiger partial charge in [0.15, 0.2) is 5.17 Å². The number of benzene rings is 3. The molecule has 2 fully saturated rings. The number of ether oxygens (including phenoxy) is 1. The maximum atomic E-state index is 13.7. The Morgan fingerprint density at radius 3 is 2.56 bits per heavy atom. The first-order valence-corrected chi connectivity index (χ1v) is 15.9. The molecule has 1 unspecified atom stereocenters. The number of anilines is 1. The minimum Gasteiger partial charge on any atom is -0.467 e. The zero-order valence-corrected chi connectivity index (χ0v) is 25.7. The fourth-order valence-corrected chi connectivity index (χ4v) is 6.61. The van der Waals surface area contributed by atoms with Gasteiger partial charge in [-0.25, -0.2) is 9.79 Å². The number of amidine groups is 1. The monoisotopic (exact) mass is 622 g/mol. The second kappa shape index (κ2) is 13.9. The van der Waals surface area contributed by atoms with Gasteiger partial charge in [0.25, 0.3) is 0 Å². The number of furan rings is 1. The van der Waals surface area contributed by atoms with Crippen LogP contribution in [-0.4, -0.2) is 45.5 Å². The van der Waals surface area contributed by atoms with Crippen molar-refractivity contribution in [1.82, 2.24) is 9.80 Å². The van der Waals surface area contributed by atoms with E-state index in [0.717, 1.165) is 29.7 Å². The lowest BCUT2D eigenvalue weighted by Crippen LogP contribution is -2.43. The molecule has 3 amide bonds. The zero-order valence-electron chi connectivity index (χ0n) is 24.9. The Kier molecular flexibility index (Phi) is 9.30. The molecule has 3 heterocycles. The van der Waals surface area contributed by atoms with Gasteiger partial charge in [-0.3, -0.25) is 19.4 Å². The number of hydrogen-bond acceptors (Lipinski definition) is 7. The number of thioether (sulfide) groups is 1. The van der Waals surface area contributed by atoms with E-state index >= 15 is 0 Å². The van der Waals surface area contributed by atoms with Crippen LogP contribution in [0.4, 0.5) is 16.2 Å². The highest BCUT2D eigenvalue weighted by atomic mass is 32.2. The number of likely N-dealkylation sites (tertiary alicyclic amines) is 1. The highest BCUT2D eigenvalue weighted by Gasteiger charge is 2.40. The topological polar surface area (TPSA) is 104 Å². The van der Waals surface area contributed by atoms with Crippen molar-refractivity contribution in [3.8, 4) is 0 Å². The predicted octanol–water partition coefficient (Wildman–Crippen LogP) is 7.09. The Morgan fingerprint density at radius 2 is 1.80 bits per heavy atom. The lowest BCUT2D eigenvalue weighted by molar-refractivity contribution is -0.126. The highest BCUT2D eigenvalue weighted by Crippen LogP contribution is 2.41. The van der Waals surface area contributed by atoms with Crippen LogP contribution in [0.3, 0.4) is 0 Å². The summed E-state index contributed by atoms with van der Waals surface area (Å²) < 4.78 is 11.0. The molecule has 0 bridgehead atoms. The maximum absolute atomic E-state index is 13.7. The molecule has 9 nitrogen and oxygen atoms in total. The van der Waals surface area contributed by atoms with Crippen molar-refractivity contribution in [2.24, 2.45) is 4.99 Å². The third kappa shape index (κ3) is 7.12. The van der Waals surface area contributed by atoms with Gasteiger partial charge in [0, 0.05) is 12.2 Å². The third-order valence-electron chi connectivity index (χ3n) is 7.86. The van der Waals surface area contributed by atoms with Crippen molar-refractivity contribution >= 4 is 46.2 Å². The van der Waals surface area contributed by atoms with Crippen LogP contribution in [0.25, 0.3) is 0 Å². The van der Waals surface area contributed by atoms with Gasteiger partial charge < -0.3 is 14.5 Å². The summed E-state index contributed by atoms with van der Waals surface area (Å²) in [6, 6.07) is 27.7. The van der Waals surface area contributed by atoms with Crippen LogP contribution in [0.1, 0.15) is 47.5 Å². The van der Waals surface area contributed by atoms with Crippen LogP contribution in [0.5, 0.6) is 0 Å². The van der Waals surface area contributed by atoms with Gasteiger partial charge in [-0.15, -0.1) is 0 Å². The minimum absolute atomic E-state index is 0.0887. The van der Waals surface area contributed by atoms with E-state index in [0.29, 0.717) is 29.6 Å². The van der Waals surface area contributed by atoms with Crippen molar-refractivity contribution < 1.29 is 23.5 Å². The SMILES string of the molecule is CCc1cccc(/N=C2\SC(c3ccc(NC(=O)[C@@H]4CCCN4C(=O)OCc4ccccc4)cc3)C(=O)N2Cc2ccco2)c1. The Hall–Kier alpha value is -4.83. The molecule has 230 valence electrons.